The number of carbonyl (C=O) groups is 2. The summed E-state index contributed by atoms with van der Waals surface area (Å²) < 4.78 is 27.5. The van der Waals surface area contributed by atoms with Crippen molar-refractivity contribution in [2.45, 2.75) is 84.4 Å². The SMILES string of the molecule is CC1CCCN1C=O.Cc1nc(C(=O)NCC(C)(C)O)sc1-c1cnc(NC(C)C2CC2)cc1C(F)F. The number of amides is 2. The first-order chi connectivity index (χ1) is 17.4. The Kier molecular flexibility index (Phi) is 9.57. The monoisotopic (exact) mass is 537 g/mol. The van der Waals surface area contributed by atoms with E-state index in [2.05, 4.69) is 27.5 Å². The molecule has 1 saturated heterocycles. The molecule has 8 nitrogen and oxygen atoms in total. The zero-order chi connectivity index (χ0) is 27.3. The smallest absolute Gasteiger partial charge is 0.280 e. The van der Waals surface area contributed by atoms with Gasteiger partial charge in [-0.1, -0.05) is 0 Å². The number of thiazole rings is 1. The maximum atomic E-state index is 13.8. The fourth-order valence-electron chi connectivity index (χ4n) is 4.10. The molecule has 0 radical (unpaired) electrons. The molecule has 0 bridgehead atoms. The van der Waals surface area contributed by atoms with Gasteiger partial charge in [0.2, 0.25) is 6.41 Å². The first-order valence-corrected chi connectivity index (χ1v) is 13.4. The van der Waals surface area contributed by atoms with Crippen molar-refractivity contribution in [1.82, 2.24) is 20.2 Å². The molecule has 0 aromatic carbocycles. The number of carbonyl (C=O) groups excluding carboxylic acids is 2. The first kappa shape index (κ1) is 28.9. The minimum atomic E-state index is -2.68. The molecule has 2 amide bonds. The van der Waals surface area contributed by atoms with E-state index in [-0.39, 0.29) is 28.7 Å². The summed E-state index contributed by atoms with van der Waals surface area (Å²) in [6, 6.07) is 2.06. The van der Waals surface area contributed by atoms with E-state index in [9.17, 15) is 23.5 Å². The summed E-state index contributed by atoms with van der Waals surface area (Å²) in [5.74, 6) is 0.545. The van der Waals surface area contributed by atoms with E-state index >= 15 is 0 Å². The first-order valence-electron chi connectivity index (χ1n) is 12.6. The lowest BCUT2D eigenvalue weighted by Crippen LogP contribution is -2.38. The van der Waals surface area contributed by atoms with Crippen molar-refractivity contribution in [2.24, 2.45) is 5.92 Å². The lowest BCUT2D eigenvalue weighted by Gasteiger charge is -2.16. The van der Waals surface area contributed by atoms with Crippen LogP contribution in [0.3, 0.4) is 0 Å². The summed E-state index contributed by atoms with van der Waals surface area (Å²) in [4.78, 5) is 33.3. The molecule has 2 atom stereocenters. The van der Waals surface area contributed by atoms with Crippen LogP contribution in [0.5, 0.6) is 0 Å². The van der Waals surface area contributed by atoms with Gasteiger partial charge < -0.3 is 20.6 Å². The van der Waals surface area contributed by atoms with E-state index in [1.54, 1.807) is 20.8 Å². The van der Waals surface area contributed by atoms with Gasteiger partial charge in [-0.2, -0.15) is 0 Å². The third kappa shape index (κ3) is 8.16. The number of aryl methyl sites for hydroxylation is 1. The molecule has 1 aliphatic heterocycles. The summed E-state index contributed by atoms with van der Waals surface area (Å²) >= 11 is 1.04. The van der Waals surface area contributed by atoms with Crippen LogP contribution < -0.4 is 10.6 Å². The van der Waals surface area contributed by atoms with Crippen LogP contribution in [0.1, 0.15) is 80.9 Å². The number of alkyl halides is 2. The number of hydrogen-bond acceptors (Lipinski definition) is 7. The molecule has 2 fully saturated rings. The van der Waals surface area contributed by atoms with E-state index in [1.165, 1.54) is 25.1 Å². The molecule has 0 spiro atoms. The number of halogens is 2. The second-order valence-corrected chi connectivity index (χ2v) is 11.5. The molecule has 2 aliphatic rings. The molecule has 2 aromatic rings. The average molecular weight is 538 g/mol. The largest absolute Gasteiger partial charge is 0.389 e. The maximum Gasteiger partial charge on any atom is 0.280 e. The highest BCUT2D eigenvalue weighted by molar-refractivity contribution is 7.17. The minimum Gasteiger partial charge on any atom is -0.389 e. The summed E-state index contributed by atoms with van der Waals surface area (Å²) in [7, 11) is 0. The Labute approximate surface area is 220 Å². The predicted molar refractivity (Wildman–Crippen MR) is 141 cm³/mol. The van der Waals surface area contributed by atoms with E-state index in [0.29, 0.717) is 28.3 Å². The Morgan fingerprint density at radius 1 is 1.35 bits per heavy atom. The standard InChI is InChI=1S/C20H26F2N4O2S.C6H11NO/c1-10(12-5-6-12)25-15-7-13(17(21)22)14(8-23-15)16-11(2)26-19(29-16)18(27)24-9-20(3,4)28;1-6-3-2-4-7(6)5-8/h7-8,10,12,17,28H,5-6,9H2,1-4H3,(H,23,25)(H,24,27);5-6H,2-4H2,1H3. The van der Waals surface area contributed by atoms with Gasteiger partial charge in [-0.3, -0.25) is 9.59 Å². The topological polar surface area (TPSA) is 107 Å². The minimum absolute atomic E-state index is 0.0587. The molecule has 204 valence electrons. The molecule has 3 heterocycles. The number of nitrogens with one attached hydrogen (secondary N) is 2. The highest BCUT2D eigenvalue weighted by Crippen LogP contribution is 2.38. The van der Waals surface area contributed by atoms with Gasteiger partial charge in [0.1, 0.15) is 5.82 Å². The fourth-order valence-corrected chi connectivity index (χ4v) is 5.11. The molecule has 1 saturated carbocycles. The van der Waals surface area contributed by atoms with Gasteiger partial charge in [0.25, 0.3) is 12.3 Å². The zero-order valence-corrected chi connectivity index (χ0v) is 22.9. The molecule has 11 heteroatoms. The fraction of sp³-hybridized carbons (Fsp3) is 0.615. The van der Waals surface area contributed by atoms with Crippen molar-refractivity contribution in [3.8, 4) is 10.4 Å². The second kappa shape index (κ2) is 12.3. The quantitative estimate of drug-likeness (QED) is 0.397. The molecular weight excluding hydrogens is 500 g/mol. The van der Waals surface area contributed by atoms with Crippen LogP contribution in [0.4, 0.5) is 14.6 Å². The van der Waals surface area contributed by atoms with Gasteiger partial charge in [0.15, 0.2) is 5.01 Å². The third-order valence-corrected chi connectivity index (χ3v) is 7.72. The van der Waals surface area contributed by atoms with Crippen LogP contribution in [0.15, 0.2) is 12.3 Å². The van der Waals surface area contributed by atoms with Crippen molar-refractivity contribution >= 4 is 29.5 Å². The van der Waals surface area contributed by atoms with Gasteiger partial charge in [0.05, 0.1) is 16.2 Å². The zero-order valence-electron chi connectivity index (χ0n) is 22.1. The summed E-state index contributed by atoms with van der Waals surface area (Å²) in [6.07, 6.45) is 4.33. The molecule has 3 N–H and O–H groups in total. The van der Waals surface area contributed by atoms with Crippen LogP contribution in [-0.2, 0) is 4.79 Å². The highest BCUT2D eigenvalue weighted by Gasteiger charge is 2.29. The van der Waals surface area contributed by atoms with Crippen LogP contribution in [0.2, 0.25) is 0 Å². The number of hydrogen-bond donors (Lipinski definition) is 3. The van der Waals surface area contributed by atoms with Gasteiger partial charge in [0, 0.05) is 42.5 Å². The Morgan fingerprint density at radius 3 is 2.57 bits per heavy atom. The maximum absolute atomic E-state index is 13.8. The number of anilines is 1. The second-order valence-electron chi connectivity index (χ2n) is 10.5. The van der Waals surface area contributed by atoms with Crippen LogP contribution in [0.25, 0.3) is 10.4 Å². The summed E-state index contributed by atoms with van der Waals surface area (Å²) in [5, 5.41) is 15.7. The molecule has 37 heavy (non-hydrogen) atoms. The number of likely N-dealkylation sites (tertiary alicyclic amines) is 1. The third-order valence-electron chi connectivity index (χ3n) is 6.53. The van der Waals surface area contributed by atoms with Crippen LogP contribution >= 0.6 is 11.3 Å². The average Bonchev–Trinajstić information content (AvgIpc) is 3.50. The van der Waals surface area contributed by atoms with Crippen molar-refractivity contribution < 1.29 is 23.5 Å². The van der Waals surface area contributed by atoms with Crippen LogP contribution in [0, 0.1) is 12.8 Å². The Bertz CT molecular complexity index is 1080. The molecule has 2 aromatic heterocycles. The number of pyridine rings is 1. The van der Waals surface area contributed by atoms with Crippen molar-refractivity contribution in [2.75, 3.05) is 18.4 Å². The van der Waals surface area contributed by atoms with Gasteiger partial charge in [-0.25, -0.2) is 18.7 Å². The number of aromatic nitrogens is 2. The Balaban J connectivity index is 0.000000405. The van der Waals surface area contributed by atoms with Crippen LogP contribution in [-0.4, -0.2) is 63.1 Å². The predicted octanol–water partition coefficient (Wildman–Crippen LogP) is 4.79. The van der Waals surface area contributed by atoms with E-state index in [1.807, 2.05) is 11.8 Å². The van der Waals surface area contributed by atoms with Gasteiger partial charge in [-0.15, -0.1) is 11.3 Å². The normalized spacial score (nSPS) is 18.3. The summed E-state index contributed by atoms with van der Waals surface area (Å²) in [5.41, 5.74) is -0.432. The molecular formula is C26H37F2N5O3S. The van der Waals surface area contributed by atoms with Crippen molar-refractivity contribution in [1.29, 1.82) is 0 Å². The Hall–Kier alpha value is -2.66. The lowest BCUT2D eigenvalue weighted by atomic mass is 10.1. The van der Waals surface area contributed by atoms with E-state index in [4.69, 9.17) is 0 Å². The number of nitrogens with zero attached hydrogens (tertiary/aromatic N) is 3. The molecule has 2 unspecified atom stereocenters. The molecule has 4 rings (SSSR count). The van der Waals surface area contributed by atoms with Gasteiger partial charge >= 0.3 is 0 Å². The Morgan fingerprint density at radius 2 is 2.05 bits per heavy atom. The molecule has 1 aliphatic carbocycles. The lowest BCUT2D eigenvalue weighted by molar-refractivity contribution is -0.118. The van der Waals surface area contributed by atoms with E-state index in [0.717, 1.165) is 37.1 Å². The van der Waals surface area contributed by atoms with E-state index < -0.39 is 17.9 Å². The van der Waals surface area contributed by atoms with Gasteiger partial charge in [-0.05, 0) is 72.3 Å². The summed E-state index contributed by atoms with van der Waals surface area (Å²) in [6.45, 7) is 9.96. The number of aliphatic hydroxyl groups is 1. The highest BCUT2D eigenvalue weighted by atomic mass is 32.1. The van der Waals surface area contributed by atoms with Crippen molar-refractivity contribution in [3.63, 3.8) is 0 Å². The van der Waals surface area contributed by atoms with Crippen molar-refractivity contribution in [3.05, 3.63) is 28.5 Å². The number of rotatable bonds is 9.